The standard InChI is InChI=1S/C27H31FN6O4S/c1-3-38-23(35)18-33(19-10-5-6-11-19)32-25-22(28)16-30-24(31-25)21-17-34(26-20(21)12-9-15-29-26)39(36,37)27(2)13-7-4-8-14-27/h4,7-9,12-13,15-17,19H,3,5-6,10-11,14,18H2,1-2H3,(H,30,31,32). The number of hydrazine groups is 1. The van der Waals surface area contributed by atoms with E-state index in [1.54, 1.807) is 43.1 Å². The molecule has 5 rings (SSSR count). The van der Waals surface area contributed by atoms with Crippen molar-refractivity contribution in [2.24, 2.45) is 0 Å². The highest BCUT2D eigenvalue weighted by Gasteiger charge is 2.39. The normalized spacial score (nSPS) is 19.7. The van der Waals surface area contributed by atoms with Gasteiger partial charge in [-0.25, -0.2) is 36.7 Å². The molecule has 0 bridgehead atoms. The van der Waals surface area contributed by atoms with E-state index in [1.165, 1.54) is 12.4 Å². The van der Waals surface area contributed by atoms with Gasteiger partial charge >= 0.3 is 5.97 Å². The molecule has 3 aromatic heterocycles. The van der Waals surface area contributed by atoms with Crippen molar-refractivity contribution in [2.45, 2.75) is 56.7 Å². The van der Waals surface area contributed by atoms with Gasteiger partial charge in [0.2, 0.25) is 10.0 Å². The van der Waals surface area contributed by atoms with E-state index in [-0.39, 0.29) is 36.5 Å². The number of hydrogen-bond acceptors (Lipinski definition) is 9. The maximum Gasteiger partial charge on any atom is 0.322 e. The smallest absolute Gasteiger partial charge is 0.322 e. The summed E-state index contributed by atoms with van der Waals surface area (Å²) in [5.74, 6) is -1.12. The van der Waals surface area contributed by atoms with Gasteiger partial charge in [-0.15, -0.1) is 0 Å². The molecule has 3 heterocycles. The number of anilines is 1. The van der Waals surface area contributed by atoms with E-state index in [0.717, 1.165) is 35.9 Å². The molecule has 0 saturated heterocycles. The van der Waals surface area contributed by atoms with Crippen molar-refractivity contribution in [3.8, 4) is 11.4 Å². The molecule has 0 spiro atoms. The minimum atomic E-state index is -3.93. The lowest BCUT2D eigenvalue weighted by atomic mass is 10.0. The number of carbonyl (C=O) groups excluding carboxylic acids is 1. The fourth-order valence-corrected chi connectivity index (χ4v) is 6.67. The average Bonchev–Trinajstić information content (AvgIpc) is 3.59. The summed E-state index contributed by atoms with van der Waals surface area (Å²) >= 11 is 0. The van der Waals surface area contributed by atoms with Gasteiger partial charge in [-0.05, 0) is 45.2 Å². The topological polar surface area (TPSA) is 119 Å². The number of halogens is 1. The zero-order chi connectivity index (χ0) is 27.6. The van der Waals surface area contributed by atoms with Crippen LogP contribution in [0.1, 0.15) is 46.0 Å². The highest BCUT2D eigenvalue weighted by molar-refractivity contribution is 7.91. The third kappa shape index (κ3) is 5.18. The number of ether oxygens (including phenoxy) is 1. The maximum atomic E-state index is 15.0. The van der Waals surface area contributed by atoms with Crippen LogP contribution in [0.2, 0.25) is 0 Å². The summed E-state index contributed by atoms with van der Waals surface area (Å²) in [6.07, 6.45) is 15.0. The maximum absolute atomic E-state index is 15.0. The zero-order valence-electron chi connectivity index (χ0n) is 21.9. The van der Waals surface area contributed by atoms with E-state index >= 15 is 0 Å². The molecule has 2 aliphatic carbocycles. The van der Waals surface area contributed by atoms with Gasteiger partial charge in [0.25, 0.3) is 0 Å². The van der Waals surface area contributed by atoms with Crippen LogP contribution in [0.25, 0.3) is 22.4 Å². The van der Waals surface area contributed by atoms with Crippen molar-refractivity contribution < 1.29 is 22.3 Å². The predicted molar refractivity (Wildman–Crippen MR) is 146 cm³/mol. The van der Waals surface area contributed by atoms with Crippen LogP contribution in [-0.4, -0.2) is 62.3 Å². The van der Waals surface area contributed by atoms with Gasteiger partial charge in [0.15, 0.2) is 23.1 Å². The van der Waals surface area contributed by atoms with Crippen LogP contribution >= 0.6 is 0 Å². The summed E-state index contributed by atoms with van der Waals surface area (Å²) in [5.41, 5.74) is 3.60. The summed E-state index contributed by atoms with van der Waals surface area (Å²) in [4.78, 5) is 25.2. The van der Waals surface area contributed by atoms with Crippen molar-refractivity contribution in [1.82, 2.24) is 23.9 Å². The lowest BCUT2D eigenvalue weighted by Crippen LogP contribution is -2.43. The zero-order valence-corrected chi connectivity index (χ0v) is 22.7. The fourth-order valence-electron chi connectivity index (χ4n) is 5.05. The lowest BCUT2D eigenvalue weighted by Gasteiger charge is -2.28. The van der Waals surface area contributed by atoms with Crippen LogP contribution in [-0.2, 0) is 19.6 Å². The first-order valence-electron chi connectivity index (χ1n) is 13.0. The molecule has 3 aromatic rings. The van der Waals surface area contributed by atoms with Crippen LogP contribution < -0.4 is 5.43 Å². The highest BCUT2D eigenvalue weighted by atomic mass is 32.2. The Morgan fingerprint density at radius 1 is 1.28 bits per heavy atom. The summed E-state index contributed by atoms with van der Waals surface area (Å²) in [6.45, 7) is 3.57. The SMILES string of the molecule is CCOC(=O)CN(Nc1nc(-c2cn(S(=O)(=O)C3(C)C=CC=CC3)c3ncccc23)ncc1F)C1CCCC1. The number of nitrogens with one attached hydrogen (secondary N) is 1. The molecular weight excluding hydrogens is 523 g/mol. The molecule has 206 valence electrons. The Hall–Kier alpha value is -3.64. The molecule has 1 N–H and O–H groups in total. The van der Waals surface area contributed by atoms with E-state index in [0.29, 0.717) is 17.4 Å². The Balaban J connectivity index is 1.54. The second-order valence-electron chi connectivity index (χ2n) is 9.90. The quantitative estimate of drug-likeness (QED) is 0.306. The molecule has 12 heteroatoms. The van der Waals surface area contributed by atoms with E-state index in [9.17, 15) is 17.6 Å². The lowest BCUT2D eigenvalue weighted by molar-refractivity contribution is -0.144. The number of nitrogens with zero attached hydrogens (tertiary/aromatic N) is 5. The first kappa shape index (κ1) is 26.9. The van der Waals surface area contributed by atoms with E-state index in [1.807, 2.05) is 12.2 Å². The minimum Gasteiger partial charge on any atom is -0.465 e. The van der Waals surface area contributed by atoms with Gasteiger partial charge in [0.05, 0.1) is 12.8 Å². The van der Waals surface area contributed by atoms with Crippen molar-refractivity contribution in [1.29, 1.82) is 0 Å². The van der Waals surface area contributed by atoms with Gasteiger partial charge in [0, 0.05) is 29.4 Å². The van der Waals surface area contributed by atoms with E-state index in [4.69, 9.17) is 4.74 Å². The molecule has 0 aliphatic heterocycles. The first-order valence-corrected chi connectivity index (χ1v) is 14.4. The van der Waals surface area contributed by atoms with Crippen LogP contribution in [0.4, 0.5) is 10.2 Å². The fraction of sp³-hybridized carbons (Fsp3) is 0.407. The molecule has 1 saturated carbocycles. The van der Waals surface area contributed by atoms with Crippen molar-refractivity contribution in [2.75, 3.05) is 18.6 Å². The molecule has 1 unspecified atom stereocenters. The molecular formula is C27H31FN6O4S. The summed E-state index contributed by atoms with van der Waals surface area (Å²) < 4.78 is 47.7. The number of rotatable bonds is 9. The Labute approximate surface area is 226 Å². The predicted octanol–water partition coefficient (Wildman–Crippen LogP) is 4.22. The number of esters is 1. The largest absolute Gasteiger partial charge is 0.465 e. The number of fused-ring (bicyclic) bond motifs is 1. The molecule has 10 nitrogen and oxygen atoms in total. The second-order valence-corrected chi connectivity index (χ2v) is 12.2. The van der Waals surface area contributed by atoms with Crippen molar-refractivity contribution in [3.05, 3.63) is 60.8 Å². The molecule has 39 heavy (non-hydrogen) atoms. The number of pyridine rings is 1. The minimum absolute atomic E-state index is 0.0156. The van der Waals surface area contributed by atoms with Crippen LogP contribution in [0, 0.1) is 5.82 Å². The third-order valence-corrected chi connectivity index (χ3v) is 9.48. The number of aromatic nitrogens is 4. The Morgan fingerprint density at radius 3 is 2.79 bits per heavy atom. The molecule has 0 amide bonds. The number of carbonyl (C=O) groups is 1. The average molecular weight is 555 g/mol. The summed E-state index contributed by atoms with van der Waals surface area (Å²) in [5, 5.41) is 2.18. The summed E-state index contributed by atoms with van der Waals surface area (Å²) in [6, 6.07) is 3.44. The van der Waals surface area contributed by atoms with Gasteiger partial charge in [0.1, 0.15) is 11.3 Å². The van der Waals surface area contributed by atoms with Crippen LogP contribution in [0.5, 0.6) is 0 Å². The van der Waals surface area contributed by atoms with E-state index < -0.39 is 26.6 Å². The second kappa shape index (κ2) is 10.9. The molecule has 0 radical (unpaired) electrons. The van der Waals surface area contributed by atoms with Gasteiger partial charge < -0.3 is 4.74 Å². The van der Waals surface area contributed by atoms with Gasteiger partial charge in [-0.3, -0.25) is 10.2 Å². The molecule has 1 atom stereocenters. The van der Waals surface area contributed by atoms with Gasteiger partial charge in [-0.2, -0.15) is 0 Å². The molecule has 1 fully saturated rings. The number of allylic oxidation sites excluding steroid dienone is 3. The highest BCUT2D eigenvalue weighted by Crippen LogP contribution is 2.35. The monoisotopic (exact) mass is 554 g/mol. The molecule has 0 aromatic carbocycles. The first-order chi connectivity index (χ1) is 18.7. The van der Waals surface area contributed by atoms with Gasteiger partial charge in [-0.1, -0.05) is 37.1 Å². The Bertz CT molecular complexity index is 1550. The number of hydrogen-bond donors (Lipinski definition) is 1. The summed E-state index contributed by atoms with van der Waals surface area (Å²) in [7, 11) is -3.93. The van der Waals surface area contributed by atoms with Crippen LogP contribution in [0.3, 0.4) is 0 Å². The third-order valence-electron chi connectivity index (χ3n) is 7.20. The van der Waals surface area contributed by atoms with Crippen molar-refractivity contribution in [3.63, 3.8) is 0 Å². The van der Waals surface area contributed by atoms with Crippen molar-refractivity contribution >= 4 is 32.8 Å². The van der Waals surface area contributed by atoms with Crippen LogP contribution in [0.15, 0.2) is 55.0 Å². The Morgan fingerprint density at radius 2 is 2.08 bits per heavy atom. The van der Waals surface area contributed by atoms with E-state index in [2.05, 4.69) is 20.4 Å². The Kier molecular flexibility index (Phi) is 7.50. The molecule has 2 aliphatic rings.